The second-order valence-corrected chi connectivity index (χ2v) is 6.93. The fraction of sp³-hybridized carbons (Fsp3) is 0.300. The molecule has 0 spiro atoms. The maximum absolute atomic E-state index is 11.1. The molecule has 0 aliphatic rings. The summed E-state index contributed by atoms with van der Waals surface area (Å²) in [7, 11) is -3.15. The molecular weight excluding hydrogens is 343 g/mol. The third kappa shape index (κ3) is 3.44. The first-order chi connectivity index (χ1) is 7.20. The normalized spacial score (nSPS) is 11.4. The van der Waals surface area contributed by atoms with Gasteiger partial charge >= 0.3 is 5.97 Å². The highest BCUT2D eigenvalue weighted by Crippen LogP contribution is 2.20. The molecule has 0 bridgehead atoms. The van der Waals surface area contributed by atoms with Crippen molar-refractivity contribution < 1.29 is 18.3 Å². The molecule has 0 saturated heterocycles. The molecular formula is C10H11IO4S. The number of carbonyl (C=O) groups is 1. The SMILES string of the molecule is Cc1c(I)cc(CS(C)(=O)=O)cc1C(=O)O. The second kappa shape index (κ2) is 4.70. The molecule has 0 aromatic heterocycles. The fourth-order valence-corrected chi connectivity index (χ4v) is 2.81. The van der Waals surface area contributed by atoms with E-state index in [9.17, 15) is 13.2 Å². The zero-order valence-corrected chi connectivity index (χ0v) is 11.8. The molecule has 0 saturated carbocycles. The molecule has 0 unspecified atom stereocenters. The van der Waals surface area contributed by atoms with Crippen molar-refractivity contribution in [3.05, 3.63) is 32.4 Å². The molecule has 0 amide bonds. The van der Waals surface area contributed by atoms with E-state index in [2.05, 4.69) is 0 Å². The van der Waals surface area contributed by atoms with E-state index in [4.69, 9.17) is 5.11 Å². The average Bonchev–Trinajstić information content (AvgIpc) is 2.07. The van der Waals surface area contributed by atoms with Crippen LogP contribution < -0.4 is 0 Å². The van der Waals surface area contributed by atoms with Gasteiger partial charge in [0.25, 0.3) is 0 Å². The van der Waals surface area contributed by atoms with Gasteiger partial charge in [-0.2, -0.15) is 0 Å². The average molecular weight is 354 g/mol. The van der Waals surface area contributed by atoms with Gasteiger partial charge in [0.2, 0.25) is 0 Å². The molecule has 88 valence electrons. The number of benzene rings is 1. The van der Waals surface area contributed by atoms with E-state index in [0.717, 1.165) is 9.83 Å². The van der Waals surface area contributed by atoms with E-state index >= 15 is 0 Å². The lowest BCUT2D eigenvalue weighted by Gasteiger charge is -2.07. The van der Waals surface area contributed by atoms with Crippen molar-refractivity contribution in [1.82, 2.24) is 0 Å². The first-order valence-electron chi connectivity index (χ1n) is 4.41. The molecule has 0 aliphatic carbocycles. The zero-order valence-electron chi connectivity index (χ0n) is 8.82. The predicted molar refractivity (Wildman–Crippen MR) is 69.4 cm³/mol. The third-order valence-corrected chi connectivity index (χ3v) is 4.04. The molecule has 1 rings (SSSR count). The minimum atomic E-state index is -3.15. The Labute approximate surface area is 108 Å². The Kier molecular flexibility index (Phi) is 3.95. The van der Waals surface area contributed by atoms with Crippen molar-refractivity contribution in [1.29, 1.82) is 0 Å². The molecule has 0 aliphatic heterocycles. The van der Waals surface area contributed by atoms with Crippen LogP contribution in [0.4, 0.5) is 0 Å². The highest BCUT2D eigenvalue weighted by atomic mass is 127. The van der Waals surface area contributed by atoms with Gasteiger partial charge in [-0.3, -0.25) is 0 Å². The molecule has 1 aromatic carbocycles. The minimum absolute atomic E-state index is 0.135. The monoisotopic (exact) mass is 354 g/mol. The smallest absolute Gasteiger partial charge is 0.335 e. The summed E-state index contributed by atoms with van der Waals surface area (Å²) in [5.74, 6) is -1.17. The van der Waals surface area contributed by atoms with Gasteiger partial charge in [0, 0.05) is 9.83 Å². The number of hydrogen-bond acceptors (Lipinski definition) is 3. The second-order valence-electron chi connectivity index (χ2n) is 3.63. The number of aromatic carboxylic acids is 1. The lowest BCUT2D eigenvalue weighted by Crippen LogP contribution is -2.06. The number of rotatable bonds is 3. The Hall–Kier alpha value is -0.630. The molecule has 16 heavy (non-hydrogen) atoms. The van der Waals surface area contributed by atoms with Crippen molar-refractivity contribution in [2.75, 3.05) is 6.26 Å². The lowest BCUT2D eigenvalue weighted by atomic mass is 10.1. The van der Waals surface area contributed by atoms with E-state index < -0.39 is 15.8 Å². The van der Waals surface area contributed by atoms with E-state index in [1.807, 2.05) is 22.6 Å². The van der Waals surface area contributed by atoms with Crippen LogP contribution in [0.15, 0.2) is 12.1 Å². The van der Waals surface area contributed by atoms with Gasteiger partial charge in [0.1, 0.15) is 0 Å². The van der Waals surface area contributed by atoms with E-state index in [1.54, 1.807) is 13.0 Å². The number of carboxylic acid groups (broad SMARTS) is 1. The summed E-state index contributed by atoms with van der Waals surface area (Å²) >= 11 is 2.00. The summed E-state index contributed by atoms with van der Waals surface area (Å²) in [6.45, 7) is 1.70. The first-order valence-corrected chi connectivity index (χ1v) is 7.54. The van der Waals surface area contributed by atoms with Gasteiger partial charge in [-0.1, -0.05) is 0 Å². The van der Waals surface area contributed by atoms with Gasteiger partial charge < -0.3 is 5.11 Å². The molecule has 1 N–H and O–H groups in total. The Bertz CT molecular complexity index is 534. The van der Waals surface area contributed by atoms with Crippen molar-refractivity contribution in [2.45, 2.75) is 12.7 Å². The van der Waals surface area contributed by atoms with Crippen molar-refractivity contribution >= 4 is 38.4 Å². The maximum atomic E-state index is 11.1. The number of carboxylic acids is 1. The third-order valence-electron chi connectivity index (χ3n) is 2.06. The molecule has 6 heteroatoms. The van der Waals surface area contributed by atoms with Gasteiger partial charge in [0.05, 0.1) is 11.3 Å². The van der Waals surface area contributed by atoms with Crippen LogP contribution in [0.2, 0.25) is 0 Å². The summed E-state index contributed by atoms with van der Waals surface area (Å²) in [6.07, 6.45) is 1.13. The minimum Gasteiger partial charge on any atom is -0.478 e. The van der Waals surface area contributed by atoms with Crippen LogP contribution in [0.1, 0.15) is 21.5 Å². The van der Waals surface area contributed by atoms with Crippen molar-refractivity contribution in [2.24, 2.45) is 0 Å². The zero-order chi connectivity index (χ0) is 12.5. The Morgan fingerprint density at radius 3 is 2.44 bits per heavy atom. The molecule has 4 nitrogen and oxygen atoms in total. The van der Waals surface area contributed by atoms with Crippen LogP contribution >= 0.6 is 22.6 Å². The number of hydrogen-bond donors (Lipinski definition) is 1. The van der Waals surface area contributed by atoms with Crippen LogP contribution in [-0.4, -0.2) is 25.7 Å². The predicted octanol–water partition coefficient (Wildman–Crippen LogP) is 1.84. The van der Waals surface area contributed by atoms with Crippen LogP contribution in [0.25, 0.3) is 0 Å². The van der Waals surface area contributed by atoms with Gasteiger partial charge in [0.15, 0.2) is 9.84 Å². The van der Waals surface area contributed by atoms with E-state index in [1.165, 1.54) is 6.07 Å². The molecule has 0 radical (unpaired) electrons. The first kappa shape index (κ1) is 13.4. The maximum Gasteiger partial charge on any atom is 0.335 e. The summed E-state index contributed by atoms with van der Waals surface area (Å²) in [5.41, 5.74) is 1.32. The topological polar surface area (TPSA) is 71.4 Å². The highest BCUT2D eigenvalue weighted by molar-refractivity contribution is 14.1. The fourth-order valence-electron chi connectivity index (χ4n) is 1.34. The van der Waals surface area contributed by atoms with Crippen molar-refractivity contribution in [3.8, 4) is 0 Å². The number of sulfone groups is 1. The highest BCUT2D eigenvalue weighted by Gasteiger charge is 2.13. The Morgan fingerprint density at radius 2 is 2.00 bits per heavy atom. The van der Waals surface area contributed by atoms with Crippen LogP contribution in [0.5, 0.6) is 0 Å². The summed E-state index contributed by atoms with van der Waals surface area (Å²) in [6, 6.07) is 3.12. The Morgan fingerprint density at radius 1 is 1.44 bits per heavy atom. The molecule has 0 atom stereocenters. The lowest BCUT2D eigenvalue weighted by molar-refractivity contribution is 0.0696. The van der Waals surface area contributed by atoms with E-state index in [0.29, 0.717) is 11.1 Å². The summed E-state index contributed by atoms with van der Waals surface area (Å²) in [5, 5.41) is 8.96. The standard InChI is InChI=1S/C10H11IO4S/c1-6-8(10(12)13)3-7(4-9(6)11)5-16(2,14)15/h3-4H,5H2,1-2H3,(H,12,13). The number of halogens is 1. The molecule has 0 heterocycles. The van der Waals surface area contributed by atoms with Crippen LogP contribution in [0, 0.1) is 10.5 Å². The Balaban J connectivity index is 3.30. The quantitative estimate of drug-likeness (QED) is 0.841. The van der Waals surface area contributed by atoms with Gasteiger partial charge in [-0.25, -0.2) is 13.2 Å². The summed E-state index contributed by atoms with van der Waals surface area (Å²) < 4.78 is 23.0. The van der Waals surface area contributed by atoms with Crippen LogP contribution in [-0.2, 0) is 15.6 Å². The van der Waals surface area contributed by atoms with E-state index in [-0.39, 0.29) is 11.3 Å². The van der Waals surface area contributed by atoms with Crippen molar-refractivity contribution in [3.63, 3.8) is 0 Å². The van der Waals surface area contributed by atoms with Gasteiger partial charge in [-0.05, 0) is 52.8 Å². The molecule has 1 aromatic rings. The van der Waals surface area contributed by atoms with Gasteiger partial charge in [-0.15, -0.1) is 0 Å². The summed E-state index contributed by atoms with van der Waals surface area (Å²) in [4.78, 5) is 10.9. The molecule has 0 fully saturated rings. The van der Waals surface area contributed by atoms with Crippen LogP contribution in [0.3, 0.4) is 0 Å². The largest absolute Gasteiger partial charge is 0.478 e.